The van der Waals surface area contributed by atoms with Gasteiger partial charge >= 0.3 is 0 Å². The smallest absolute Gasteiger partial charge is 0.283 e. The summed E-state index contributed by atoms with van der Waals surface area (Å²) in [6.45, 7) is 3.62. The van der Waals surface area contributed by atoms with Gasteiger partial charge in [0.2, 0.25) is 4.80 Å². The molecule has 0 radical (unpaired) electrons. The molecule has 0 bridgehead atoms. The van der Waals surface area contributed by atoms with Gasteiger partial charge in [0.15, 0.2) is 5.69 Å². The lowest BCUT2D eigenvalue weighted by atomic mass is 10.2. The highest BCUT2D eigenvalue weighted by Crippen LogP contribution is 2.25. The zero-order valence-electron chi connectivity index (χ0n) is 23.2. The van der Waals surface area contributed by atoms with Crippen LogP contribution in [0, 0.1) is 25.5 Å². The molecule has 8 nitrogen and oxygen atoms in total. The van der Waals surface area contributed by atoms with Gasteiger partial charge in [0, 0.05) is 18.0 Å². The fourth-order valence-electron chi connectivity index (χ4n) is 4.61. The Hall–Kier alpha value is -4.87. The zero-order valence-corrected chi connectivity index (χ0v) is 24.8. The molecule has 216 valence electrons. The van der Waals surface area contributed by atoms with Gasteiger partial charge in [-0.15, -0.1) is 11.3 Å². The highest BCUT2D eigenvalue weighted by atomic mass is 35.5. The first-order chi connectivity index (χ1) is 20.7. The van der Waals surface area contributed by atoms with E-state index < -0.39 is 0 Å². The van der Waals surface area contributed by atoms with Crippen molar-refractivity contribution in [2.45, 2.75) is 13.8 Å². The molecule has 0 saturated heterocycles. The van der Waals surface area contributed by atoms with E-state index in [4.69, 9.17) is 21.7 Å². The number of aryl methyl sites for hydroxylation is 1. The van der Waals surface area contributed by atoms with Crippen molar-refractivity contribution in [3.05, 3.63) is 133 Å². The van der Waals surface area contributed by atoms with Crippen molar-refractivity contribution >= 4 is 34.8 Å². The molecule has 0 aliphatic carbocycles. The molecule has 12 heteroatoms. The topological polar surface area (TPSA) is 74.4 Å². The Kier molecular flexibility index (Phi) is 7.51. The maximum Gasteiger partial charge on any atom is 0.297 e. The molecule has 3 aromatic carbocycles. The molecule has 43 heavy (non-hydrogen) atoms. The molecule has 0 fully saturated rings. The number of benzene rings is 3. The van der Waals surface area contributed by atoms with E-state index in [2.05, 4.69) is 5.10 Å². The zero-order chi connectivity index (χ0) is 30.2. The Morgan fingerprint density at radius 1 is 0.907 bits per heavy atom. The number of halogens is 3. The molecule has 6 aromatic rings. The van der Waals surface area contributed by atoms with Gasteiger partial charge in [0.05, 0.1) is 40.2 Å². The lowest BCUT2D eigenvalue weighted by Crippen LogP contribution is -2.19. The van der Waals surface area contributed by atoms with E-state index in [1.165, 1.54) is 40.3 Å². The van der Waals surface area contributed by atoms with Crippen LogP contribution in [-0.4, -0.2) is 30.0 Å². The van der Waals surface area contributed by atoms with Crippen LogP contribution in [0.2, 0.25) is 5.15 Å². The number of hydrogen-bond acceptors (Lipinski definition) is 5. The molecular weight excluding hydrogens is 592 g/mol. The van der Waals surface area contributed by atoms with Crippen LogP contribution in [0.5, 0.6) is 0 Å². The Morgan fingerprint density at radius 2 is 1.56 bits per heavy atom. The second-order valence-electron chi connectivity index (χ2n) is 9.67. The SMILES string of the molecule is Cc1nn(-c2ccc(F)cc2)c(Cl)c1C=Nn1c(-c2ccc(F)cc2)csc1=Nc1c(C)n(C)n(-c2ccccc2)c1=O. The number of hydrogen-bond donors (Lipinski definition) is 0. The highest BCUT2D eigenvalue weighted by Gasteiger charge is 2.18. The third-order valence-corrected chi connectivity index (χ3v) is 8.16. The third-order valence-electron chi connectivity index (χ3n) is 6.98. The Labute approximate surface area is 253 Å². The molecule has 0 amide bonds. The maximum atomic E-state index is 13.8. The first kappa shape index (κ1) is 28.3. The van der Waals surface area contributed by atoms with E-state index in [0.29, 0.717) is 44.4 Å². The van der Waals surface area contributed by atoms with E-state index in [-0.39, 0.29) is 28.0 Å². The molecule has 0 N–H and O–H groups in total. The van der Waals surface area contributed by atoms with Gasteiger partial charge in [-0.3, -0.25) is 9.48 Å². The summed E-state index contributed by atoms with van der Waals surface area (Å²) in [5.41, 5.74) is 4.44. The summed E-state index contributed by atoms with van der Waals surface area (Å²) in [6.07, 6.45) is 1.56. The van der Waals surface area contributed by atoms with Crippen LogP contribution in [0.3, 0.4) is 0 Å². The number of aromatic nitrogens is 5. The van der Waals surface area contributed by atoms with Crippen molar-refractivity contribution < 1.29 is 8.78 Å². The minimum absolute atomic E-state index is 0.265. The van der Waals surface area contributed by atoms with Crippen molar-refractivity contribution in [3.63, 3.8) is 0 Å². The standard InChI is InChI=1S/C31H24ClF2N7OS/c1-19-26(29(32)39(37-19)24-15-13-23(34)14-16-24)17-35-40-27(21-9-11-22(33)12-10-21)18-43-31(40)36-28-20(2)38(3)41(30(28)42)25-7-5-4-6-8-25/h4-18H,1-3H3. The Balaban J connectivity index is 1.50. The maximum absolute atomic E-state index is 13.8. The summed E-state index contributed by atoms with van der Waals surface area (Å²) >= 11 is 7.99. The quantitative estimate of drug-likeness (QED) is 0.199. The molecular formula is C31H24ClF2N7OS. The highest BCUT2D eigenvalue weighted by molar-refractivity contribution is 7.07. The number of thiazole rings is 1. The summed E-state index contributed by atoms with van der Waals surface area (Å²) in [5.74, 6) is -0.732. The summed E-state index contributed by atoms with van der Waals surface area (Å²) in [6, 6.07) is 21.2. The predicted octanol–water partition coefficient (Wildman–Crippen LogP) is 6.55. The van der Waals surface area contributed by atoms with Gasteiger partial charge in [-0.2, -0.15) is 10.2 Å². The van der Waals surface area contributed by atoms with E-state index in [1.807, 2.05) is 42.6 Å². The molecule has 0 aliphatic rings. The third kappa shape index (κ3) is 5.28. The molecule has 0 spiro atoms. The van der Waals surface area contributed by atoms with Gasteiger partial charge in [-0.05, 0) is 74.5 Å². The minimum Gasteiger partial charge on any atom is -0.283 e. The van der Waals surface area contributed by atoms with E-state index in [1.54, 1.807) is 58.5 Å². The molecule has 3 heterocycles. The van der Waals surface area contributed by atoms with Gasteiger partial charge in [-0.1, -0.05) is 29.8 Å². The molecule has 0 unspecified atom stereocenters. The van der Waals surface area contributed by atoms with Crippen molar-refractivity contribution in [2.24, 2.45) is 17.1 Å². The van der Waals surface area contributed by atoms with Gasteiger partial charge in [0.25, 0.3) is 5.56 Å². The van der Waals surface area contributed by atoms with E-state index in [0.717, 1.165) is 0 Å². The largest absolute Gasteiger partial charge is 0.297 e. The minimum atomic E-state index is -0.367. The van der Waals surface area contributed by atoms with Gasteiger partial charge in [-0.25, -0.2) is 27.8 Å². The summed E-state index contributed by atoms with van der Waals surface area (Å²) in [4.78, 5) is 18.8. The van der Waals surface area contributed by atoms with Crippen LogP contribution in [0.15, 0.2) is 99.1 Å². The van der Waals surface area contributed by atoms with Crippen LogP contribution < -0.4 is 10.4 Å². The van der Waals surface area contributed by atoms with Crippen molar-refractivity contribution in [2.75, 3.05) is 0 Å². The summed E-state index contributed by atoms with van der Waals surface area (Å²) in [7, 11) is 1.80. The van der Waals surface area contributed by atoms with Crippen LogP contribution in [-0.2, 0) is 7.05 Å². The van der Waals surface area contributed by atoms with Crippen molar-refractivity contribution in [1.29, 1.82) is 0 Å². The molecule has 3 aromatic heterocycles. The average Bonchev–Trinajstić information content (AvgIpc) is 3.60. The monoisotopic (exact) mass is 615 g/mol. The molecule has 0 atom stereocenters. The van der Waals surface area contributed by atoms with Gasteiger partial charge in [0.1, 0.15) is 16.8 Å². The van der Waals surface area contributed by atoms with Gasteiger partial charge < -0.3 is 0 Å². The van der Waals surface area contributed by atoms with Crippen molar-refractivity contribution in [3.8, 4) is 22.6 Å². The number of rotatable bonds is 6. The van der Waals surface area contributed by atoms with E-state index >= 15 is 0 Å². The fourth-order valence-corrected chi connectivity index (χ4v) is 5.78. The molecule has 6 rings (SSSR count). The molecule has 0 saturated carbocycles. The van der Waals surface area contributed by atoms with E-state index in [9.17, 15) is 13.6 Å². The summed E-state index contributed by atoms with van der Waals surface area (Å²) in [5, 5.41) is 11.4. The number of para-hydroxylation sites is 1. The van der Waals surface area contributed by atoms with Crippen LogP contribution >= 0.6 is 22.9 Å². The lowest BCUT2D eigenvalue weighted by molar-refractivity contribution is 0.627. The average molecular weight is 616 g/mol. The Bertz CT molecular complexity index is 2100. The fraction of sp³-hybridized carbons (Fsp3) is 0.0968. The summed E-state index contributed by atoms with van der Waals surface area (Å²) < 4.78 is 33.6. The lowest BCUT2D eigenvalue weighted by Gasteiger charge is -2.07. The predicted molar refractivity (Wildman–Crippen MR) is 165 cm³/mol. The normalized spacial score (nSPS) is 12.1. The van der Waals surface area contributed by atoms with Crippen LogP contribution in [0.1, 0.15) is 17.0 Å². The molecule has 0 aliphatic heterocycles. The second kappa shape index (κ2) is 11.4. The first-order valence-electron chi connectivity index (χ1n) is 13.1. The van der Waals surface area contributed by atoms with Crippen molar-refractivity contribution in [1.82, 2.24) is 23.8 Å². The second-order valence-corrected chi connectivity index (χ2v) is 10.9. The Morgan fingerprint density at radius 3 is 2.23 bits per heavy atom. The number of nitrogens with zero attached hydrogens (tertiary/aromatic N) is 7. The van der Waals surface area contributed by atoms with Crippen LogP contribution in [0.25, 0.3) is 22.6 Å². The first-order valence-corrected chi connectivity index (χ1v) is 14.4. The van der Waals surface area contributed by atoms with Crippen LogP contribution in [0.4, 0.5) is 14.5 Å².